The summed E-state index contributed by atoms with van der Waals surface area (Å²) < 4.78 is 53.7. The molecule has 1 aromatic heterocycles. The van der Waals surface area contributed by atoms with Crippen molar-refractivity contribution in [1.29, 1.82) is 0 Å². The summed E-state index contributed by atoms with van der Waals surface area (Å²) >= 11 is 1.62. The fourth-order valence-corrected chi connectivity index (χ4v) is 5.74. The lowest BCUT2D eigenvalue weighted by Crippen LogP contribution is -2.48. The Morgan fingerprint density at radius 1 is 1.00 bits per heavy atom. The van der Waals surface area contributed by atoms with Crippen LogP contribution < -0.4 is 0 Å². The summed E-state index contributed by atoms with van der Waals surface area (Å²) in [7, 11) is -3.98. The molecule has 2 aromatic carbocycles. The first kappa shape index (κ1) is 21.0. The Hall–Kier alpha value is -2.20. The monoisotopic (exact) mass is 449 g/mol. The lowest BCUT2D eigenvalue weighted by Gasteiger charge is -2.33. The topological polar surface area (TPSA) is 53.5 Å². The zero-order valence-corrected chi connectivity index (χ0v) is 17.8. The van der Waals surface area contributed by atoms with Crippen LogP contribution in [-0.2, 0) is 23.0 Å². The highest BCUT2D eigenvalue weighted by atomic mass is 32.2. The van der Waals surface area contributed by atoms with Gasteiger partial charge in [0.15, 0.2) is 0 Å². The molecule has 1 fully saturated rings. The van der Waals surface area contributed by atoms with E-state index in [-0.39, 0.29) is 13.1 Å². The van der Waals surface area contributed by atoms with Crippen LogP contribution in [0.5, 0.6) is 0 Å². The number of aromatic nitrogens is 1. The Kier molecular flexibility index (Phi) is 6.24. The van der Waals surface area contributed by atoms with E-state index in [1.807, 2.05) is 23.6 Å². The Morgan fingerprint density at radius 3 is 2.43 bits per heavy atom. The fourth-order valence-electron chi connectivity index (χ4n) is 3.45. The van der Waals surface area contributed by atoms with E-state index < -0.39 is 26.6 Å². The molecule has 0 bridgehead atoms. The van der Waals surface area contributed by atoms with Crippen LogP contribution in [0.25, 0.3) is 0 Å². The first-order valence-corrected chi connectivity index (χ1v) is 11.9. The van der Waals surface area contributed by atoms with Gasteiger partial charge in [-0.25, -0.2) is 22.2 Å². The van der Waals surface area contributed by atoms with Crippen molar-refractivity contribution in [2.24, 2.45) is 0 Å². The highest BCUT2D eigenvalue weighted by molar-refractivity contribution is 7.89. The van der Waals surface area contributed by atoms with Crippen LogP contribution in [-0.4, -0.2) is 48.8 Å². The van der Waals surface area contributed by atoms with E-state index in [1.165, 1.54) is 9.87 Å². The Morgan fingerprint density at radius 2 is 1.73 bits per heavy atom. The Labute approximate surface area is 178 Å². The van der Waals surface area contributed by atoms with Crippen molar-refractivity contribution in [3.63, 3.8) is 0 Å². The zero-order chi connectivity index (χ0) is 21.1. The summed E-state index contributed by atoms with van der Waals surface area (Å²) in [6.07, 6.45) is 0.792. The van der Waals surface area contributed by atoms with E-state index in [1.54, 1.807) is 11.3 Å². The quantitative estimate of drug-likeness (QED) is 0.578. The van der Waals surface area contributed by atoms with Crippen LogP contribution in [0.3, 0.4) is 0 Å². The normalized spacial score (nSPS) is 16.1. The van der Waals surface area contributed by atoms with Crippen molar-refractivity contribution in [3.05, 3.63) is 81.8 Å². The number of rotatable bonds is 6. The number of hydrogen-bond donors (Lipinski definition) is 0. The highest BCUT2D eigenvalue weighted by Gasteiger charge is 2.31. The molecule has 0 unspecified atom stereocenters. The first-order chi connectivity index (χ1) is 14.4. The molecule has 1 aliphatic rings. The summed E-state index contributed by atoms with van der Waals surface area (Å²) in [4.78, 5) is 6.34. The molecule has 0 aliphatic carbocycles. The highest BCUT2D eigenvalue weighted by Crippen LogP contribution is 2.22. The summed E-state index contributed by atoms with van der Waals surface area (Å²) in [6.45, 7) is 2.19. The second kappa shape index (κ2) is 8.89. The minimum atomic E-state index is -3.98. The van der Waals surface area contributed by atoms with Gasteiger partial charge in [0.2, 0.25) is 10.0 Å². The molecule has 30 heavy (non-hydrogen) atoms. The number of nitrogens with zero attached hydrogens (tertiary/aromatic N) is 3. The van der Waals surface area contributed by atoms with Gasteiger partial charge >= 0.3 is 0 Å². The molecular formula is C21H21F2N3O2S2. The molecule has 0 spiro atoms. The third-order valence-corrected chi connectivity index (χ3v) is 7.86. The van der Waals surface area contributed by atoms with Crippen LogP contribution in [0.4, 0.5) is 8.78 Å². The van der Waals surface area contributed by atoms with E-state index >= 15 is 0 Å². The molecule has 1 aliphatic heterocycles. The number of halogens is 2. The zero-order valence-electron chi connectivity index (χ0n) is 16.2. The molecule has 0 amide bonds. The average Bonchev–Trinajstić information content (AvgIpc) is 3.15. The predicted octanol–water partition coefficient (Wildman–Crippen LogP) is 3.52. The van der Waals surface area contributed by atoms with Crippen LogP contribution in [0.15, 0.2) is 58.8 Å². The maximum Gasteiger partial charge on any atom is 0.246 e. The lowest BCUT2D eigenvalue weighted by molar-refractivity contribution is 0.180. The summed E-state index contributed by atoms with van der Waals surface area (Å²) in [6, 6.07) is 12.7. The molecular weight excluding hydrogens is 428 g/mol. The standard InChI is InChI=1S/C21H21F2N3O2S2/c22-17-6-7-20(19(23)13-17)30(27,28)26-10-8-25(9-11-26)14-18-15-29-21(24-18)12-16-4-2-1-3-5-16/h1-7,13,15H,8-12,14H2. The van der Waals surface area contributed by atoms with E-state index in [9.17, 15) is 17.2 Å². The Balaban J connectivity index is 1.35. The van der Waals surface area contributed by atoms with Crippen molar-refractivity contribution >= 4 is 21.4 Å². The van der Waals surface area contributed by atoms with E-state index in [4.69, 9.17) is 4.98 Å². The molecule has 5 nitrogen and oxygen atoms in total. The van der Waals surface area contributed by atoms with Crippen LogP contribution in [0.2, 0.25) is 0 Å². The molecule has 3 aromatic rings. The van der Waals surface area contributed by atoms with E-state index in [0.29, 0.717) is 25.7 Å². The second-order valence-corrected chi connectivity index (χ2v) is 10.00. The summed E-state index contributed by atoms with van der Waals surface area (Å²) in [5, 5.41) is 3.08. The minimum absolute atomic E-state index is 0.250. The van der Waals surface area contributed by atoms with Crippen molar-refractivity contribution in [2.45, 2.75) is 17.9 Å². The molecule has 0 radical (unpaired) electrons. The first-order valence-electron chi connectivity index (χ1n) is 9.56. The summed E-state index contributed by atoms with van der Waals surface area (Å²) in [5.41, 5.74) is 2.18. The number of piperazine rings is 1. The lowest BCUT2D eigenvalue weighted by atomic mass is 10.2. The van der Waals surface area contributed by atoms with E-state index in [0.717, 1.165) is 29.3 Å². The maximum absolute atomic E-state index is 14.0. The van der Waals surface area contributed by atoms with Crippen molar-refractivity contribution in [3.8, 4) is 0 Å². The Bertz CT molecular complexity index is 1110. The van der Waals surface area contributed by atoms with Crippen LogP contribution in [0.1, 0.15) is 16.3 Å². The van der Waals surface area contributed by atoms with Gasteiger partial charge < -0.3 is 0 Å². The van der Waals surface area contributed by atoms with Gasteiger partial charge in [-0.2, -0.15) is 4.31 Å². The van der Waals surface area contributed by atoms with Gasteiger partial charge in [0.1, 0.15) is 16.5 Å². The van der Waals surface area contributed by atoms with Gasteiger partial charge in [-0.3, -0.25) is 4.90 Å². The predicted molar refractivity (Wildman–Crippen MR) is 112 cm³/mol. The van der Waals surface area contributed by atoms with Crippen molar-refractivity contribution in [1.82, 2.24) is 14.2 Å². The van der Waals surface area contributed by atoms with Gasteiger partial charge in [0.05, 0.1) is 10.7 Å². The fraction of sp³-hybridized carbons (Fsp3) is 0.286. The number of sulfonamides is 1. The van der Waals surface area contributed by atoms with Crippen molar-refractivity contribution < 1.29 is 17.2 Å². The number of benzene rings is 2. The molecule has 4 rings (SSSR count). The van der Waals surface area contributed by atoms with Gasteiger partial charge in [-0.1, -0.05) is 30.3 Å². The van der Waals surface area contributed by atoms with Gasteiger partial charge in [0, 0.05) is 50.6 Å². The molecule has 2 heterocycles. The van der Waals surface area contributed by atoms with E-state index in [2.05, 4.69) is 17.0 Å². The largest absolute Gasteiger partial charge is 0.295 e. The van der Waals surface area contributed by atoms with Crippen LogP contribution in [0, 0.1) is 11.6 Å². The minimum Gasteiger partial charge on any atom is -0.295 e. The van der Waals surface area contributed by atoms with Gasteiger partial charge in [0.25, 0.3) is 0 Å². The van der Waals surface area contributed by atoms with Crippen LogP contribution >= 0.6 is 11.3 Å². The third-order valence-electron chi connectivity index (χ3n) is 5.03. The van der Waals surface area contributed by atoms with Crippen molar-refractivity contribution in [2.75, 3.05) is 26.2 Å². The van der Waals surface area contributed by atoms with Gasteiger partial charge in [-0.05, 0) is 17.7 Å². The maximum atomic E-state index is 14.0. The number of thiazole rings is 1. The molecule has 0 atom stereocenters. The second-order valence-electron chi connectivity index (χ2n) is 7.15. The SMILES string of the molecule is O=S(=O)(c1ccc(F)cc1F)N1CCN(Cc2csc(Cc3ccccc3)n2)CC1. The molecule has 1 saturated heterocycles. The molecule has 9 heteroatoms. The smallest absolute Gasteiger partial charge is 0.246 e. The average molecular weight is 450 g/mol. The molecule has 158 valence electrons. The van der Waals surface area contributed by atoms with Gasteiger partial charge in [-0.15, -0.1) is 11.3 Å². The summed E-state index contributed by atoms with van der Waals surface area (Å²) in [5.74, 6) is -1.86. The third kappa shape index (κ3) is 4.75. The molecule has 0 saturated carbocycles. The number of hydrogen-bond acceptors (Lipinski definition) is 5. The molecule has 0 N–H and O–H groups in total.